The van der Waals surface area contributed by atoms with Crippen molar-refractivity contribution in [1.82, 2.24) is 4.90 Å². The van der Waals surface area contributed by atoms with Crippen molar-refractivity contribution in [3.8, 4) is 0 Å². The molecule has 0 aliphatic carbocycles. The molecule has 7 heteroatoms. The van der Waals surface area contributed by atoms with E-state index in [1.165, 1.54) is 0 Å². The molecule has 0 saturated heterocycles. The Bertz CT molecular complexity index is 212. The lowest BCUT2D eigenvalue weighted by atomic mass is 10.5. The molecule has 7 nitrogen and oxygen atoms in total. The van der Waals surface area contributed by atoms with E-state index in [1.54, 1.807) is 0 Å². The summed E-state index contributed by atoms with van der Waals surface area (Å²) >= 11 is 0. The molecule has 0 aliphatic rings. The highest BCUT2D eigenvalue weighted by molar-refractivity contribution is 5.85. The number of nitrogens with zero attached hydrogens (tertiary/aromatic N) is 1. The number of methoxy groups -OCH3 is 1. The number of carbonyl (C=O) groups is 3. The van der Waals surface area contributed by atoms with E-state index in [2.05, 4.69) is 4.74 Å². The van der Waals surface area contributed by atoms with Crippen molar-refractivity contribution in [3.05, 3.63) is 0 Å². The van der Waals surface area contributed by atoms with E-state index in [0.717, 1.165) is 12.0 Å². The summed E-state index contributed by atoms with van der Waals surface area (Å²) in [5, 5.41) is 0. The Morgan fingerprint density at radius 1 is 1.15 bits per heavy atom. The van der Waals surface area contributed by atoms with Crippen molar-refractivity contribution in [1.29, 1.82) is 0 Å². The van der Waals surface area contributed by atoms with Gasteiger partial charge >= 0.3 is 6.09 Å². The Morgan fingerprint density at radius 2 is 1.54 bits per heavy atom. The van der Waals surface area contributed by atoms with E-state index in [-0.39, 0.29) is 0 Å². The molecule has 0 heterocycles. The van der Waals surface area contributed by atoms with Gasteiger partial charge < -0.3 is 16.2 Å². The number of ether oxygens (including phenoxy) is 1. The van der Waals surface area contributed by atoms with Gasteiger partial charge in [-0.05, 0) is 0 Å². The van der Waals surface area contributed by atoms with Crippen LogP contribution in [-0.2, 0) is 14.3 Å². The van der Waals surface area contributed by atoms with Gasteiger partial charge in [0.05, 0.1) is 7.11 Å². The standard InChI is InChI=1S/C6H11N3O4/c1-13-6(12)9(2-4(7)10)3-5(8)11/h2-3H2,1H3,(H2,7,10)(H2,8,11). The Labute approximate surface area is 74.6 Å². The van der Waals surface area contributed by atoms with E-state index in [0.29, 0.717) is 0 Å². The zero-order chi connectivity index (χ0) is 10.4. The molecular weight excluding hydrogens is 178 g/mol. The van der Waals surface area contributed by atoms with Gasteiger partial charge in [-0.15, -0.1) is 0 Å². The maximum Gasteiger partial charge on any atom is 0.410 e. The lowest BCUT2D eigenvalue weighted by molar-refractivity contribution is -0.121. The first-order valence-electron chi connectivity index (χ1n) is 3.37. The van der Waals surface area contributed by atoms with Crippen LogP contribution in [-0.4, -0.2) is 43.0 Å². The fourth-order valence-corrected chi connectivity index (χ4v) is 0.690. The number of hydrogen-bond donors (Lipinski definition) is 2. The summed E-state index contributed by atoms with van der Waals surface area (Å²) in [5.41, 5.74) is 9.64. The van der Waals surface area contributed by atoms with Gasteiger partial charge in [0.15, 0.2) is 0 Å². The van der Waals surface area contributed by atoms with Crippen molar-refractivity contribution in [2.45, 2.75) is 0 Å². The average Bonchev–Trinajstić information content (AvgIpc) is 2.00. The monoisotopic (exact) mass is 189 g/mol. The summed E-state index contributed by atoms with van der Waals surface area (Å²) in [6, 6.07) is 0. The summed E-state index contributed by atoms with van der Waals surface area (Å²) in [7, 11) is 1.12. The second-order valence-electron chi connectivity index (χ2n) is 2.26. The molecule has 0 aromatic carbocycles. The summed E-state index contributed by atoms with van der Waals surface area (Å²) in [6.07, 6.45) is -0.822. The lowest BCUT2D eigenvalue weighted by Gasteiger charge is -2.16. The summed E-state index contributed by atoms with van der Waals surface area (Å²) in [4.78, 5) is 32.5. The maximum absolute atomic E-state index is 10.9. The van der Waals surface area contributed by atoms with Crippen LogP contribution < -0.4 is 11.5 Å². The average molecular weight is 189 g/mol. The van der Waals surface area contributed by atoms with E-state index in [4.69, 9.17) is 11.5 Å². The third-order valence-corrected chi connectivity index (χ3v) is 1.13. The molecule has 0 rings (SSSR count). The normalized spacial score (nSPS) is 9.00. The molecule has 0 aromatic rings. The lowest BCUT2D eigenvalue weighted by Crippen LogP contribution is -2.43. The second kappa shape index (κ2) is 4.96. The van der Waals surface area contributed by atoms with Crippen LogP contribution in [0.1, 0.15) is 0 Å². The molecule has 0 aliphatic heterocycles. The Morgan fingerprint density at radius 3 is 1.77 bits per heavy atom. The smallest absolute Gasteiger partial charge is 0.410 e. The second-order valence-corrected chi connectivity index (χ2v) is 2.26. The Balaban J connectivity index is 4.26. The van der Waals surface area contributed by atoms with Crippen LogP contribution in [0.25, 0.3) is 0 Å². The first kappa shape index (κ1) is 11.2. The van der Waals surface area contributed by atoms with Crippen molar-refractivity contribution < 1.29 is 19.1 Å². The molecule has 0 fully saturated rings. The Kier molecular flexibility index (Phi) is 4.28. The van der Waals surface area contributed by atoms with E-state index < -0.39 is 31.0 Å². The summed E-state index contributed by atoms with van der Waals surface area (Å²) < 4.78 is 4.29. The van der Waals surface area contributed by atoms with Crippen LogP contribution in [0.15, 0.2) is 0 Å². The molecule has 13 heavy (non-hydrogen) atoms. The molecule has 0 radical (unpaired) electrons. The minimum atomic E-state index is -0.822. The van der Waals surface area contributed by atoms with Crippen LogP contribution in [0.5, 0.6) is 0 Å². The number of carbonyl (C=O) groups excluding carboxylic acids is 3. The molecule has 0 saturated carbocycles. The van der Waals surface area contributed by atoms with Gasteiger partial charge in [-0.2, -0.15) is 0 Å². The zero-order valence-corrected chi connectivity index (χ0v) is 7.15. The minimum absolute atomic E-state index is 0.393. The number of rotatable bonds is 4. The van der Waals surface area contributed by atoms with Gasteiger partial charge in [0, 0.05) is 0 Å². The van der Waals surface area contributed by atoms with Crippen LogP contribution in [0.3, 0.4) is 0 Å². The van der Waals surface area contributed by atoms with Gasteiger partial charge in [-0.3, -0.25) is 14.5 Å². The van der Waals surface area contributed by atoms with Gasteiger partial charge in [-0.25, -0.2) is 4.79 Å². The van der Waals surface area contributed by atoms with E-state index >= 15 is 0 Å². The molecule has 3 amide bonds. The predicted octanol–water partition coefficient (Wildman–Crippen LogP) is -1.97. The molecule has 0 bridgehead atoms. The molecule has 0 atom stereocenters. The minimum Gasteiger partial charge on any atom is -0.453 e. The van der Waals surface area contributed by atoms with Crippen LogP contribution in [0.4, 0.5) is 4.79 Å². The highest BCUT2D eigenvalue weighted by Gasteiger charge is 2.17. The van der Waals surface area contributed by atoms with Gasteiger partial charge in [0.1, 0.15) is 13.1 Å². The molecular formula is C6H11N3O4. The van der Waals surface area contributed by atoms with Crippen LogP contribution in [0, 0.1) is 0 Å². The van der Waals surface area contributed by atoms with Gasteiger partial charge in [-0.1, -0.05) is 0 Å². The van der Waals surface area contributed by atoms with Crippen molar-refractivity contribution in [3.63, 3.8) is 0 Å². The number of amides is 3. The van der Waals surface area contributed by atoms with Crippen LogP contribution >= 0.6 is 0 Å². The molecule has 0 unspecified atom stereocenters. The summed E-state index contributed by atoms with van der Waals surface area (Å²) in [5.74, 6) is -1.49. The fourth-order valence-electron chi connectivity index (χ4n) is 0.690. The highest BCUT2D eigenvalue weighted by atomic mass is 16.5. The number of primary amides is 2. The fraction of sp³-hybridized carbons (Fsp3) is 0.500. The predicted molar refractivity (Wildman–Crippen MR) is 42.4 cm³/mol. The molecule has 0 spiro atoms. The molecule has 74 valence electrons. The largest absolute Gasteiger partial charge is 0.453 e. The van der Waals surface area contributed by atoms with Crippen LogP contribution in [0.2, 0.25) is 0 Å². The van der Waals surface area contributed by atoms with Gasteiger partial charge in [0.2, 0.25) is 11.8 Å². The summed E-state index contributed by atoms with van der Waals surface area (Å²) in [6.45, 7) is -0.786. The van der Waals surface area contributed by atoms with Crippen molar-refractivity contribution >= 4 is 17.9 Å². The third kappa shape index (κ3) is 4.62. The molecule has 4 N–H and O–H groups in total. The topological polar surface area (TPSA) is 116 Å². The Hall–Kier alpha value is -1.79. The van der Waals surface area contributed by atoms with E-state index in [1.807, 2.05) is 0 Å². The maximum atomic E-state index is 10.9. The van der Waals surface area contributed by atoms with Gasteiger partial charge in [0.25, 0.3) is 0 Å². The van der Waals surface area contributed by atoms with Crippen molar-refractivity contribution in [2.75, 3.05) is 20.2 Å². The SMILES string of the molecule is COC(=O)N(CC(N)=O)CC(N)=O. The first-order valence-corrected chi connectivity index (χ1v) is 3.37. The molecule has 0 aromatic heterocycles. The van der Waals surface area contributed by atoms with Crippen molar-refractivity contribution in [2.24, 2.45) is 11.5 Å². The van der Waals surface area contributed by atoms with E-state index in [9.17, 15) is 14.4 Å². The quantitative estimate of drug-likeness (QED) is 0.533. The number of nitrogens with two attached hydrogens (primary N) is 2. The highest BCUT2D eigenvalue weighted by Crippen LogP contribution is 1.91. The first-order chi connectivity index (χ1) is 5.97. The third-order valence-electron chi connectivity index (χ3n) is 1.13. The number of hydrogen-bond acceptors (Lipinski definition) is 4. The zero-order valence-electron chi connectivity index (χ0n) is 7.15.